The van der Waals surface area contributed by atoms with Gasteiger partial charge in [0.05, 0.1) is 32.9 Å². The average molecular weight is 1010 g/mol. The molecule has 0 amide bonds. The molecule has 7 aromatic rings. The number of benzene rings is 3. The maximum atomic E-state index is 15.4. The van der Waals surface area contributed by atoms with Gasteiger partial charge in [0.1, 0.15) is 0 Å². The lowest BCUT2D eigenvalue weighted by Gasteiger charge is -2.20. The fourth-order valence-electron chi connectivity index (χ4n) is 9.54. The lowest BCUT2D eigenvalue weighted by Crippen LogP contribution is -2.24. The lowest BCUT2D eigenvalue weighted by atomic mass is 10.0. The quantitative estimate of drug-likeness (QED) is 0.0199. The van der Waals surface area contributed by atoms with Crippen molar-refractivity contribution in [3.05, 3.63) is 103 Å². The highest BCUT2D eigenvalue weighted by Gasteiger charge is 2.31. The Kier molecular flexibility index (Phi) is 17.4. The third-order valence-corrected chi connectivity index (χ3v) is 15.7. The summed E-state index contributed by atoms with van der Waals surface area (Å²) < 4.78 is 152. The number of aryl methyl sites for hydroxylation is 1. The van der Waals surface area contributed by atoms with Crippen LogP contribution in [0, 0.1) is 58.2 Å². The SMILES string of the molecule is CCCCCCCCCCCCn1c(=O)c2cc(-c3c(F)c(F)c(F)c(F)c3F)sc2c2cc3c(cc21)c1sc(-c2c(F)c(F)c(F)c(F)c2F)cc1c(=O)n3C(C)CCCCCCCCCCC. The van der Waals surface area contributed by atoms with Gasteiger partial charge in [-0.15, -0.1) is 22.7 Å². The first kappa shape index (κ1) is 52.1. The van der Waals surface area contributed by atoms with Gasteiger partial charge in [-0.3, -0.25) is 9.59 Å². The number of aromatic nitrogens is 2. The molecule has 0 aliphatic heterocycles. The van der Waals surface area contributed by atoms with Crippen LogP contribution in [0.5, 0.6) is 0 Å². The Balaban J connectivity index is 1.41. The van der Waals surface area contributed by atoms with Crippen LogP contribution in [-0.2, 0) is 6.54 Å². The Morgan fingerprint density at radius 1 is 0.420 bits per heavy atom. The molecule has 372 valence electrons. The molecule has 0 radical (unpaired) electrons. The smallest absolute Gasteiger partial charge is 0.260 e. The molecule has 1 atom stereocenters. The molecule has 0 spiro atoms. The van der Waals surface area contributed by atoms with E-state index in [1.165, 1.54) is 34.8 Å². The van der Waals surface area contributed by atoms with Crippen molar-refractivity contribution in [3.63, 3.8) is 0 Å². The third-order valence-electron chi connectivity index (χ3n) is 13.4. The second kappa shape index (κ2) is 23.0. The summed E-state index contributed by atoms with van der Waals surface area (Å²) in [6.45, 7) is 6.29. The van der Waals surface area contributed by atoms with E-state index in [-0.39, 0.29) is 37.8 Å². The predicted molar refractivity (Wildman–Crippen MR) is 260 cm³/mol. The number of halogens is 10. The van der Waals surface area contributed by atoms with E-state index in [2.05, 4.69) is 13.8 Å². The summed E-state index contributed by atoms with van der Waals surface area (Å²) >= 11 is 1.29. The molecule has 3 aromatic carbocycles. The molecule has 4 aromatic heterocycles. The van der Waals surface area contributed by atoms with Crippen molar-refractivity contribution in [2.45, 2.75) is 162 Å². The van der Waals surface area contributed by atoms with E-state index in [4.69, 9.17) is 0 Å². The molecule has 16 heteroatoms. The molecule has 0 bridgehead atoms. The number of fused-ring (bicyclic) bond motifs is 6. The van der Waals surface area contributed by atoms with Gasteiger partial charge < -0.3 is 9.13 Å². The number of hydrogen-bond donors (Lipinski definition) is 0. The maximum Gasteiger partial charge on any atom is 0.260 e. The highest BCUT2D eigenvalue weighted by atomic mass is 32.1. The number of thiophene rings is 2. The van der Waals surface area contributed by atoms with Crippen LogP contribution >= 0.6 is 22.7 Å². The molecule has 0 N–H and O–H groups in total. The molecule has 1 unspecified atom stereocenters. The van der Waals surface area contributed by atoms with Gasteiger partial charge in [0, 0.05) is 42.5 Å². The van der Waals surface area contributed by atoms with Crippen molar-refractivity contribution in [2.75, 3.05) is 0 Å². The molecule has 0 aliphatic carbocycles. The normalized spacial score (nSPS) is 12.5. The van der Waals surface area contributed by atoms with Gasteiger partial charge in [-0.1, -0.05) is 129 Å². The van der Waals surface area contributed by atoms with Crippen LogP contribution in [0.25, 0.3) is 62.9 Å². The number of hydrogen-bond acceptors (Lipinski definition) is 4. The van der Waals surface area contributed by atoms with Crippen molar-refractivity contribution in [3.8, 4) is 20.9 Å². The van der Waals surface area contributed by atoms with E-state index in [9.17, 15) is 35.9 Å². The second-order valence-electron chi connectivity index (χ2n) is 18.3. The van der Waals surface area contributed by atoms with E-state index in [0.717, 1.165) is 102 Å². The van der Waals surface area contributed by atoms with Crippen LogP contribution in [-0.4, -0.2) is 9.13 Å². The van der Waals surface area contributed by atoms with E-state index in [0.29, 0.717) is 46.3 Å². The van der Waals surface area contributed by atoms with Crippen molar-refractivity contribution >= 4 is 64.7 Å². The Morgan fingerprint density at radius 2 is 0.768 bits per heavy atom. The summed E-state index contributed by atoms with van der Waals surface area (Å²) in [4.78, 5) is 28.6. The third kappa shape index (κ3) is 10.5. The largest absolute Gasteiger partial charge is 0.308 e. The molecule has 0 saturated heterocycles. The van der Waals surface area contributed by atoms with Crippen LogP contribution in [0.4, 0.5) is 43.9 Å². The summed E-state index contributed by atoms with van der Waals surface area (Å²) in [6, 6.07) is 4.94. The molecule has 69 heavy (non-hydrogen) atoms. The Bertz CT molecular complexity index is 3060. The lowest BCUT2D eigenvalue weighted by molar-refractivity contribution is 0.381. The van der Waals surface area contributed by atoms with Gasteiger partial charge in [-0.05, 0) is 44.0 Å². The predicted octanol–water partition coefficient (Wildman–Crippen LogP) is 17.9. The highest BCUT2D eigenvalue weighted by Crippen LogP contribution is 2.44. The Morgan fingerprint density at radius 3 is 1.20 bits per heavy atom. The van der Waals surface area contributed by atoms with Gasteiger partial charge in [0.25, 0.3) is 11.1 Å². The maximum absolute atomic E-state index is 15.4. The molecule has 4 nitrogen and oxygen atoms in total. The van der Waals surface area contributed by atoms with Crippen molar-refractivity contribution in [2.24, 2.45) is 0 Å². The van der Waals surface area contributed by atoms with Crippen LogP contribution < -0.4 is 11.1 Å². The Labute approximate surface area is 402 Å². The zero-order chi connectivity index (χ0) is 49.7. The van der Waals surface area contributed by atoms with Crippen LogP contribution in [0.2, 0.25) is 0 Å². The van der Waals surface area contributed by atoms with Crippen LogP contribution in [0.3, 0.4) is 0 Å². The van der Waals surface area contributed by atoms with Gasteiger partial charge in [-0.25, -0.2) is 43.9 Å². The minimum absolute atomic E-state index is 0.0553. The van der Waals surface area contributed by atoms with Crippen molar-refractivity contribution < 1.29 is 43.9 Å². The molecular formula is C53H56F10N2O2S2. The summed E-state index contributed by atoms with van der Waals surface area (Å²) in [7, 11) is 0. The second-order valence-corrected chi connectivity index (χ2v) is 20.4. The number of pyridine rings is 2. The van der Waals surface area contributed by atoms with Gasteiger partial charge in [0.2, 0.25) is 11.6 Å². The first-order valence-corrected chi connectivity index (χ1v) is 25.9. The summed E-state index contributed by atoms with van der Waals surface area (Å²) in [6.07, 6.45) is 19.9. The van der Waals surface area contributed by atoms with Gasteiger partial charge in [-0.2, -0.15) is 0 Å². The average Bonchev–Trinajstić information content (AvgIpc) is 3.99. The topological polar surface area (TPSA) is 44.0 Å². The molecule has 4 heterocycles. The Hall–Kier alpha value is -4.70. The minimum Gasteiger partial charge on any atom is -0.308 e. The van der Waals surface area contributed by atoms with Gasteiger partial charge in [0.15, 0.2) is 46.5 Å². The number of rotatable bonds is 24. The molecule has 0 aliphatic rings. The zero-order valence-electron chi connectivity index (χ0n) is 39.0. The van der Waals surface area contributed by atoms with Crippen molar-refractivity contribution in [1.82, 2.24) is 9.13 Å². The monoisotopic (exact) mass is 1010 g/mol. The summed E-state index contributed by atoms with van der Waals surface area (Å²) in [5, 5.41) is 0.534. The molecule has 7 rings (SSSR count). The fraction of sp³-hybridized carbons (Fsp3) is 0.472. The zero-order valence-corrected chi connectivity index (χ0v) is 40.7. The van der Waals surface area contributed by atoms with E-state index >= 15 is 17.6 Å². The summed E-state index contributed by atoms with van der Waals surface area (Å²) in [5.41, 5.74) is -3.06. The van der Waals surface area contributed by atoms with Gasteiger partial charge >= 0.3 is 0 Å². The summed E-state index contributed by atoms with van der Waals surface area (Å²) in [5.74, 6) is -21.5. The van der Waals surface area contributed by atoms with E-state index in [1.807, 2.05) is 6.92 Å². The number of nitrogens with zero attached hydrogens (tertiary/aromatic N) is 2. The molecule has 0 fully saturated rings. The van der Waals surface area contributed by atoms with Crippen molar-refractivity contribution in [1.29, 1.82) is 0 Å². The fourth-order valence-corrected chi connectivity index (χ4v) is 12.0. The van der Waals surface area contributed by atoms with E-state index in [1.54, 1.807) is 12.1 Å². The number of unbranched alkanes of at least 4 members (excludes halogenated alkanes) is 17. The standard InChI is InChI=1S/C53H56F10N2O2S2/c1-4-6-8-10-12-14-16-18-20-22-24-64-34-25-31-35(26-30(34)50-32(52(64)66)27-36(68-50)38-40(54)44(58)48(62)45(59)41(38)55)65(29(3)23-21-19-17-15-13-11-9-7-5-2)53(67)33-28-37(69-51(31)33)39-42(56)46(60)49(63)47(61)43(39)57/h25-29H,4-24H2,1-3H3. The highest BCUT2D eigenvalue weighted by molar-refractivity contribution is 7.23. The molecule has 0 saturated carbocycles. The van der Waals surface area contributed by atoms with Crippen LogP contribution in [0.15, 0.2) is 33.9 Å². The molecular weight excluding hydrogens is 951 g/mol. The first-order chi connectivity index (χ1) is 33.1. The van der Waals surface area contributed by atoms with Crippen LogP contribution in [0.1, 0.15) is 155 Å². The first-order valence-electron chi connectivity index (χ1n) is 24.3. The van der Waals surface area contributed by atoms with E-state index < -0.39 is 96.2 Å². The minimum atomic E-state index is -2.33.